The summed E-state index contributed by atoms with van der Waals surface area (Å²) in [7, 11) is 0. The van der Waals surface area contributed by atoms with Crippen molar-refractivity contribution >= 4 is 21.4 Å². The molecular formula is C10H15N5S. The molecule has 0 bridgehead atoms. The van der Waals surface area contributed by atoms with Gasteiger partial charge in [-0.1, -0.05) is 43.4 Å². The van der Waals surface area contributed by atoms with E-state index in [1.807, 2.05) is 0 Å². The molecule has 16 heavy (non-hydrogen) atoms. The van der Waals surface area contributed by atoms with Crippen LogP contribution in [-0.2, 0) is 6.42 Å². The Labute approximate surface area is 97.7 Å². The quantitative estimate of drug-likeness (QED) is 0.866. The van der Waals surface area contributed by atoms with Gasteiger partial charge in [-0.2, -0.15) is 4.52 Å². The molecule has 2 N–H and O–H groups in total. The lowest BCUT2D eigenvalue weighted by Gasteiger charge is -2.19. The third-order valence-electron chi connectivity index (χ3n) is 3.27. The fourth-order valence-corrected chi connectivity index (χ4v) is 3.07. The highest BCUT2D eigenvalue weighted by Crippen LogP contribution is 2.27. The van der Waals surface area contributed by atoms with Gasteiger partial charge in [0.15, 0.2) is 5.82 Å². The fourth-order valence-electron chi connectivity index (χ4n) is 2.45. The number of hydrogen-bond donors (Lipinski definition) is 1. The van der Waals surface area contributed by atoms with Crippen molar-refractivity contribution in [1.82, 2.24) is 19.8 Å². The molecule has 0 radical (unpaired) electrons. The Morgan fingerprint density at radius 2 is 2.06 bits per heavy atom. The highest BCUT2D eigenvalue weighted by atomic mass is 32.1. The molecule has 5 nitrogen and oxygen atoms in total. The van der Waals surface area contributed by atoms with Gasteiger partial charge in [0.25, 0.3) is 0 Å². The van der Waals surface area contributed by atoms with Gasteiger partial charge >= 0.3 is 0 Å². The van der Waals surface area contributed by atoms with Crippen LogP contribution < -0.4 is 5.73 Å². The molecule has 1 fully saturated rings. The summed E-state index contributed by atoms with van der Waals surface area (Å²) < 4.78 is 1.80. The van der Waals surface area contributed by atoms with E-state index in [9.17, 15) is 0 Å². The lowest BCUT2D eigenvalue weighted by molar-refractivity contribution is 0.350. The van der Waals surface area contributed by atoms with Gasteiger partial charge in [0, 0.05) is 6.42 Å². The number of anilines is 1. The number of nitrogens with two attached hydrogens (primary N) is 1. The molecule has 3 rings (SSSR count). The largest absolute Gasteiger partial charge is 0.374 e. The van der Waals surface area contributed by atoms with E-state index < -0.39 is 0 Å². The Morgan fingerprint density at radius 3 is 2.88 bits per heavy atom. The fraction of sp³-hybridized carbons (Fsp3) is 0.700. The molecule has 0 spiro atoms. The van der Waals surface area contributed by atoms with Crippen molar-refractivity contribution in [1.29, 1.82) is 0 Å². The molecule has 0 unspecified atom stereocenters. The third-order valence-corrected chi connectivity index (χ3v) is 4.00. The van der Waals surface area contributed by atoms with Crippen LogP contribution in [0.25, 0.3) is 4.96 Å². The zero-order valence-electron chi connectivity index (χ0n) is 9.09. The monoisotopic (exact) mass is 237 g/mol. The van der Waals surface area contributed by atoms with E-state index in [-0.39, 0.29) is 0 Å². The number of nitrogens with zero attached hydrogens (tertiary/aromatic N) is 4. The molecule has 0 atom stereocenters. The zero-order valence-corrected chi connectivity index (χ0v) is 9.91. The average molecular weight is 237 g/mol. The summed E-state index contributed by atoms with van der Waals surface area (Å²) >= 11 is 1.39. The normalized spacial score (nSPS) is 18.2. The van der Waals surface area contributed by atoms with E-state index in [4.69, 9.17) is 5.73 Å². The second-order valence-electron chi connectivity index (χ2n) is 4.46. The van der Waals surface area contributed by atoms with Gasteiger partial charge in [-0.3, -0.25) is 0 Å². The first-order valence-electron chi connectivity index (χ1n) is 5.79. The second kappa shape index (κ2) is 4.01. The SMILES string of the molecule is Nc1nn2c(CC3CCCCC3)nnc2s1. The van der Waals surface area contributed by atoms with Gasteiger partial charge in [-0.05, 0) is 5.92 Å². The Hall–Kier alpha value is -1.17. The lowest BCUT2D eigenvalue weighted by Crippen LogP contribution is -2.11. The van der Waals surface area contributed by atoms with Crippen molar-refractivity contribution in [2.24, 2.45) is 5.92 Å². The van der Waals surface area contributed by atoms with Crippen molar-refractivity contribution in [3.63, 3.8) is 0 Å². The van der Waals surface area contributed by atoms with Crippen LogP contribution in [0.2, 0.25) is 0 Å². The number of aromatic nitrogens is 4. The number of rotatable bonds is 2. The van der Waals surface area contributed by atoms with Gasteiger partial charge in [-0.15, -0.1) is 15.3 Å². The Balaban J connectivity index is 1.82. The van der Waals surface area contributed by atoms with Crippen LogP contribution in [0.4, 0.5) is 5.13 Å². The Morgan fingerprint density at radius 1 is 1.25 bits per heavy atom. The van der Waals surface area contributed by atoms with Crippen LogP contribution in [0.15, 0.2) is 0 Å². The smallest absolute Gasteiger partial charge is 0.236 e. The molecule has 1 aliphatic rings. The second-order valence-corrected chi connectivity index (χ2v) is 5.45. The van der Waals surface area contributed by atoms with Crippen LogP contribution >= 0.6 is 11.3 Å². The van der Waals surface area contributed by atoms with Crippen molar-refractivity contribution in [2.45, 2.75) is 38.5 Å². The van der Waals surface area contributed by atoms with Crippen LogP contribution in [0, 0.1) is 5.92 Å². The van der Waals surface area contributed by atoms with Gasteiger partial charge in [-0.25, -0.2) is 0 Å². The van der Waals surface area contributed by atoms with Crippen LogP contribution in [-0.4, -0.2) is 19.8 Å². The Bertz CT molecular complexity index is 482. The highest BCUT2D eigenvalue weighted by molar-refractivity contribution is 7.20. The van der Waals surface area contributed by atoms with Gasteiger partial charge in [0.2, 0.25) is 10.1 Å². The molecule has 1 aliphatic carbocycles. The van der Waals surface area contributed by atoms with E-state index >= 15 is 0 Å². The summed E-state index contributed by atoms with van der Waals surface area (Å²) in [4.78, 5) is 0.809. The minimum atomic E-state index is 0.565. The van der Waals surface area contributed by atoms with E-state index in [1.54, 1.807) is 4.52 Å². The molecule has 86 valence electrons. The summed E-state index contributed by atoms with van der Waals surface area (Å²) in [5, 5.41) is 13.1. The maximum atomic E-state index is 5.66. The van der Waals surface area contributed by atoms with Crippen molar-refractivity contribution in [3.05, 3.63) is 5.82 Å². The van der Waals surface area contributed by atoms with Crippen molar-refractivity contribution in [2.75, 3.05) is 5.73 Å². The zero-order chi connectivity index (χ0) is 11.0. The van der Waals surface area contributed by atoms with Gasteiger partial charge in [0.1, 0.15) is 0 Å². The number of fused-ring (bicyclic) bond motifs is 1. The molecule has 6 heteroatoms. The van der Waals surface area contributed by atoms with Gasteiger partial charge < -0.3 is 5.73 Å². The van der Waals surface area contributed by atoms with E-state index in [0.29, 0.717) is 5.13 Å². The summed E-state index contributed by atoms with van der Waals surface area (Å²) in [6.07, 6.45) is 7.71. The molecule has 1 saturated carbocycles. The molecule has 0 amide bonds. The minimum Gasteiger partial charge on any atom is -0.374 e. The van der Waals surface area contributed by atoms with Gasteiger partial charge in [0.05, 0.1) is 0 Å². The third kappa shape index (κ3) is 1.77. The van der Waals surface area contributed by atoms with Crippen LogP contribution in [0.5, 0.6) is 0 Å². The molecule has 0 aromatic carbocycles. The first kappa shape index (κ1) is 10.0. The first-order chi connectivity index (χ1) is 7.83. The molecule has 2 aromatic heterocycles. The molecular weight excluding hydrogens is 222 g/mol. The van der Waals surface area contributed by atoms with E-state index in [2.05, 4.69) is 15.3 Å². The molecule has 0 aliphatic heterocycles. The van der Waals surface area contributed by atoms with Crippen LogP contribution in [0.1, 0.15) is 37.9 Å². The summed E-state index contributed by atoms with van der Waals surface area (Å²) in [6, 6.07) is 0. The lowest BCUT2D eigenvalue weighted by atomic mass is 9.87. The predicted molar refractivity (Wildman–Crippen MR) is 63.4 cm³/mol. The summed E-state index contributed by atoms with van der Waals surface area (Å²) in [6.45, 7) is 0. The topological polar surface area (TPSA) is 69.1 Å². The molecule has 0 saturated heterocycles. The average Bonchev–Trinajstić information content (AvgIpc) is 2.81. The minimum absolute atomic E-state index is 0.565. The number of nitrogen functional groups attached to an aromatic ring is 1. The van der Waals surface area contributed by atoms with Crippen molar-refractivity contribution < 1.29 is 0 Å². The summed E-state index contributed by atoms with van der Waals surface area (Å²) in [5.41, 5.74) is 5.66. The van der Waals surface area contributed by atoms with E-state index in [1.165, 1.54) is 43.4 Å². The predicted octanol–water partition coefficient (Wildman–Crippen LogP) is 1.89. The molecule has 2 aromatic rings. The number of hydrogen-bond acceptors (Lipinski definition) is 5. The van der Waals surface area contributed by atoms with E-state index in [0.717, 1.165) is 23.1 Å². The first-order valence-corrected chi connectivity index (χ1v) is 6.61. The highest BCUT2D eigenvalue weighted by Gasteiger charge is 2.18. The Kier molecular flexibility index (Phi) is 2.51. The standard InChI is InChI=1S/C10H15N5S/c11-9-14-15-8(12-13-10(15)16-9)6-7-4-2-1-3-5-7/h7H,1-6H2,(H2,11,14). The van der Waals surface area contributed by atoms with Crippen molar-refractivity contribution in [3.8, 4) is 0 Å². The van der Waals surface area contributed by atoms with Crippen LogP contribution in [0.3, 0.4) is 0 Å². The maximum absolute atomic E-state index is 5.66. The molecule has 2 heterocycles. The maximum Gasteiger partial charge on any atom is 0.236 e. The summed E-state index contributed by atoms with van der Waals surface area (Å²) in [5.74, 6) is 1.72.